The first-order chi connectivity index (χ1) is 13.0. The largest absolute Gasteiger partial charge is 0.750 e. The van der Waals surface area contributed by atoms with Crippen LogP contribution in [0.2, 0.25) is 0 Å². The Kier molecular flexibility index (Phi) is 12.8. The molecule has 0 saturated carbocycles. The van der Waals surface area contributed by atoms with E-state index in [1.165, 1.54) is 6.20 Å². The van der Waals surface area contributed by atoms with Gasteiger partial charge in [0, 0.05) is 50.2 Å². The molecule has 2 aromatic rings. The number of hydrogen-bond donors (Lipinski definition) is 2. The van der Waals surface area contributed by atoms with E-state index in [2.05, 4.69) is 58.2 Å². The van der Waals surface area contributed by atoms with Crippen LogP contribution < -0.4 is 0 Å². The quantitative estimate of drug-likeness (QED) is 0.136. The third-order valence-electron chi connectivity index (χ3n) is 3.74. The van der Waals surface area contributed by atoms with Gasteiger partial charge in [0.25, 0.3) is 0 Å². The number of aryl methyl sites for hydroxylation is 1. The fourth-order valence-electron chi connectivity index (χ4n) is 2.46. The van der Waals surface area contributed by atoms with Crippen LogP contribution in [0.1, 0.15) is 48.7 Å². The van der Waals surface area contributed by atoms with Gasteiger partial charge in [-0.2, -0.15) is 0 Å². The molecule has 2 N–H and O–H groups in total. The minimum absolute atomic E-state index is 0.0974. The molecular formula is C16H21I2N2O6S-. The molecule has 0 radical (unpaired) electrons. The van der Waals surface area contributed by atoms with Crippen molar-refractivity contribution in [2.75, 3.05) is 0 Å². The van der Waals surface area contributed by atoms with Crippen molar-refractivity contribution in [2.24, 2.45) is 0 Å². The highest BCUT2D eigenvalue weighted by molar-refractivity contribution is 15.0. The van der Waals surface area contributed by atoms with Crippen LogP contribution in [0.15, 0.2) is 30.5 Å². The number of halogens is 2. The van der Waals surface area contributed by atoms with Gasteiger partial charge in [-0.15, -0.1) is 0 Å². The molecule has 0 aliphatic rings. The van der Waals surface area contributed by atoms with E-state index in [1.807, 2.05) is 24.3 Å². The van der Waals surface area contributed by atoms with E-state index in [9.17, 15) is 13.9 Å². The second-order valence-electron chi connectivity index (χ2n) is 5.53. The number of aromatic nitrogens is 2. The lowest BCUT2D eigenvalue weighted by atomic mass is 10.1. The van der Waals surface area contributed by atoms with Crippen molar-refractivity contribution in [3.63, 3.8) is 0 Å². The van der Waals surface area contributed by atoms with E-state index < -0.39 is 17.7 Å². The van der Waals surface area contributed by atoms with Crippen LogP contribution in [0.25, 0.3) is 0 Å². The summed E-state index contributed by atoms with van der Waals surface area (Å²) in [4.78, 5) is 8.40. The van der Waals surface area contributed by atoms with Gasteiger partial charge in [0.05, 0.1) is 23.3 Å². The van der Waals surface area contributed by atoms with Crippen molar-refractivity contribution in [3.8, 4) is 0 Å². The Hall–Kier alpha value is -0.160. The SMILES string of the molecule is CCCCc1ncc(C(O)OS(=O)[O-])n1Cc1ccc(COO)cc1.II. The molecule has 1 aromatic carbocycles. The molecule has 1 heterocycles. The number of aliphatic hydroxyl groups excluding tert-OH is 1. The van der Waals surface area contributed by atoms with E-state index in [4.69, 9.17) is 5.26 Å². The van der Waals surface area contributed by atoms with Crippen molar-refractivity contribution in [2.45, 2.75) is 45.6 Å². The Morgan fingerprint density at radius 3 is 2.48 bits per heavy atom. The summed E-state index contributed by atoms with van der Waals surface area (Å²) >= 11 is 1.41. The predicted molar refractivity (Wildman–Crippen MR) is 117 cm³/mol. The van der Waals surface area contributed by atoms with Gasteiger partial charge in [-0.05, 0) is 17.5 Å². The maximum Gasteiger partial charge on any atom is 0.212 e. The van der Waals surface area contributed by atoms with Crippen LogP contribution in [0.3, 0.4) is 0 Å². The number of benzene rings is 1. The molecule has 0 fully saturated rings. The molecule has 0 bridgehead atoms. The summed E-state index contributed by atoms with van der Waals surface area (Å²) in [5, 5.41) is 18.5. The molecule has 0 aliphatic carbocycles. The molecule has 11 heteroatoms. The highest BCUT2D eigenvalue weighted by Gasteiger charge is 2.18. The Labute approximate surface area is 184 Å². The van der Waals surface area contributed by atoms with Gasteiger partial charge in [0.15, 0.2) is 0 Å². The van der Waals surface area contributed by atoms with Gasteiger partial charge < -0.3 is 14.2 Å². The van der Waals surface area contributed by atoms with E-state index >= 15 is 0 Å². The zero-order valence-corrected chi connectivity index (χ0v) is 19.7. The van der Waals surface area contributed by atoms with Crippen molar-refractivity contribution in [1.82, 2.24) is 9.55 Å². The van der Waals surface area contributed by atoms with Crippen LogP contribution in [0.5, 0.6) is 0 Å². The van der Waals surface area contributed by atoms with Crippen LogP contribution >= 0.6 is 37.2 Å². The third-order valence-corrected chi connectivity index (χ3v) is 4.08. The molecule has 27 heavy (non-hydrogen) atoms. The first-order valence-electron chi connectivity index (χ1n) is 8.02. The molecule has 0 spiro atoms. The lowest BCUT2D eigenvalue weighted by molar-refractivity contribution is -0.253. The Balaban J connectivity index is 0.00000176. The average Bonchev–Trinajstić information content (AvgIpc) is 3.05. The van der Waals surface area contributed by atoms with Crippen LogP contribution in [-0.4, -0.2) is 28.7 Å². The molecule has 0 amide bonds. The van der Waals surface area contributed by atoms with E-state index in [-0.39, 0.29) is 12.3 Å². The Bertz CT molecular complexity index is 699. The van der Waals surface area contributed by atoms with E-state index in [0.717, 1.165) is 29.8 Å². The van der Waals surface area contributed by atoms with E-state index in [1.54, 1.807) is 4.57 Å². The highest BCUT2D eigenvalue weighted by atomic mass is 128. The van der Waals surface area contributed by atoms with Crippen LogP contribution in [0, 0.1) is 0 Å². The zero-order valence-electron chi connectivity index (χ0n) is 14.6. The lowest BCUT2D eigenvalue weighted by Crippen LogP contribution is -2.14. The predicted octanol–water partition coefficient (Wildman–Crippen LogP) is 3.84. The highest BCUT2D eigenvalue weighted by Crippen LogP contribution is 2.20. The first kappa shape index (κ1) is 24.9. The maximum atomic E-state index is 10.7. The molecular weight excluding hydrogens is 602 g/mol. The van der Waals surface area contributed by atoms with Crippen molar-refractivity contribution >= 4 is 48.6 Å². The monoisotopic (exact) mass is 623 g/mol. The van der Waals surface area contributed by atoms with Gasteiger partial charge in [0.2, 0.25) is 6.29 Å². The summed E-state index contributed by atoms with van der Waals surface area (Å²) in [5.41, 5.74) is 2.01. The van der Waals surface area contributed by atoms with Crippen molar-refractivity contribution in [1.29, 1.82) is 0 Å². The van der Waals surface area contributed by atoms with Gasteiger partial charge in [-0.25, -0.2) is 14.1 Å². The number of nitrogens with zero attached hydrogens (tertiary/aromatic N) is 2. The average molecular weight is 623 g/mol. The summed E-state index contributed by atoms with van der Waals surface area (Å²) in [7, 11) is 0. The third kappa shape index (κ3) is 8.39. The van der Waals surface area contributed by atoms with Crippen molar-refractivity contribution in [3.05, 3.63) is 53.1 Å². The second-order valence-corrected chi connectivity index (χ2v) is 6.13. The molecule has 0 saturated heterocycles. The number of imidazole rings is 1. The van der Waals surface area contributed by atoms with Crippen LogP contribution in [-0.2, 0) is 40.0 Å². The van der Waals surface area contributed by atoms with Gasteiger partial charge in [0.1, 0.15) is 12.4 Å². The summed E-state index contributed by atoms with van der Waals surface area (Å²) in [6, 6.07) is 7.35. The minimum atomic E-state index is -2.83. The molecule has 2 rings (SSSR count). The normalized spacial score (nSPS) is 13.0. The fourth-order valence-corrected chi connectivity index (χ4v) is 2.71. The molecule has 2 atom stereocenters. The van der Waals surface area contributed by atoms with Gasteiger partial charge in [-0.3, -0.25) is 9.44 Å². The summed E-state index contributed by atoms with van der Waals surface area (Å²) in [6.07, 6.45) is 2.44. The first-order valence-corrected chi connectivity index (χ1v) is 15.3. The molecule has 0 aliphatic heterocycles. The van der Waals surface area contributed by atoms with Gasteiger partial charge >= 0.3 is 0 Å². The summed E-state index contributed by atoms with van der Waals surface area (Å²) < 4.78 is 27.6. The zero-order chi connectivity index (χ0) is 20.2. The second kappa shape index (κ2) is 13.9. The molecule has 1 aromatic heterocycles. The number of rotatable bonds is 10. The fraction of sp³-hybridized carbons (Fsp3) is 0.438. The molecule has 152 valence electrons. The van der Waals surface area contributed by atoms with Crippen molar-refractivity contribution < 1.29 is 28.2 Å². The Morgan fingerprint density at radius 2 is 1.93 bits per heavy atom. The number of hydrogen-bond acceptors (Lipinski definition) is 7. The van der Waals surface area contributed by atoms with Gasteiger partial charge in [-0.1, -0.05) is 37.6 Å². The smallest absolute Gasteiger partial charge is 0.212 e. The maximum absolute atomic E-state index is 10.7. The topological polar surface area (TPSA) is 117 Å². The summed E-state index contributed by atoms with van der Waals surface area (Å²) in [6.45, 7) is 2.56. The molecule has 8 nitrogen and oxygen atoms in total. The number of aliphatic hydroxyl groups is 1. The summed E-state index contributed by atoms with van der Waals surface area (Å²) in [5.74, 6) is 0.749. The van der Waals surface area contributed by atoms with Crippen LogP contribution in [0.4, 0.5) is 0 Å². The minimum Gasteiger partial charge on any atom is -0.750 e. The number of unbranched alkanes of at least 4 members (excludes halogenated alkanes) is 1. The lowest BCUT2D eigenvalue weighted by Gasteiger charge is -2.17. The molecule has 2 unspecified atom stereocenters. The standard InChI is InChI=1S/C16H22N2O6S.I2/c1-2-3-4-15-17-9-14(16(19)24-25(21)22)18(15)10-12-5-7-13(8-6-12)11-23-20;1-2/h5-9,16,19-20H,2-4,10-11H2,1H3,(H,21,22);/p-1. The Morgan fingerprint density at radius 1 is 1.30 bits per heavy atom. The van der Waals surface area contributed by atoms with E-state index in [0.29, 0.717) is 13.0 Å².